The molecule has 0 radical (unpaired) electrons. The third kappa shape index (κ3) is 2.90. The Morgan fingerprint density at radius 1 is 1.33 bits per heavy atom. The first-order chi connectivity index (χ1) is 4.09. The van der Waals surface area contributed by atoms with Crippen LogP contribution in [0.5, 0.6) is 0 Å². The molecule has 0 spiro atoms. The zero-order chi connectivity index (χ0) is 7.44. The number of hydrogen-bond acceptors (Lipinski definition) is 1. The zero-order valence-electron chi connectivity index (χ0n) is 7.02. The van der Waals surface area contributed by atoms with Crippen LogP contribution in [0.1, 0.15) is 20.8 Å². The summed E-state index contributed by atoms with van der Waals surface area (Å²) in [7, 11) is 2.23. The number of hydrogen-bond donors (Lipinski definition) is 1. The lowest BCUT2D eigenvalue weighted by Crippen LogP contribution is -2.23. The summed E-state index contributed by atoms with van der Waals surface area (Å²) in [6.07, 6.45) is 0. The first-order valence-corrected chi connectivity index (χ1v) is 3.79. The van der Waals surface area contributed by atoms with Crippen molar-refractivity contribution < 1.29 is 0 Å². The highest BCUT2D eigenvalue weighted by Crippen LogP contribution is 2.20. The third-order valence-corrected chi connectivity index (χ3v) is 1.98. The Morgan fingerprint density at radius 2 is 1.78 bits per heavy atom. The van der Waals surface area contributed by atoms with Gasteiger partial charge in [0.05, 0.1) is 0 Å². The van der Waals surface area contributed by atoms with E-state index in [0.717, 1.165) is 18.3 Å². The highest BCUT2D eigenvalue weighted by atomic mass is 14.6. The van der Waals surface area contributed by atoms with Gasteiger partial charge in [0.25, 0.3) is 0 Å². The van der Waals surface area contributed by atoms with Crippen molar-refractivity contribution in [1.29, 1.82) is 0 Å². The van der Waals surface area contributed by atoms with E-state index in [1.807, 2.05) is 0 Å². The van der Waals surface area contributed by atoms with Crippen molar-refractivity contribution >= 4 is 7.85 Å². The second-order valence-electron chi connectivity index (χ2n) is 3.39. The van der Waals surface area contributed by atoms with Crippen LogP contribution < -0.4 is 5.73 Å². The van der Waals surface area contributed by atoms with Gasteiger partial charge in [-0.1, -0.05) is 26.6 Å². The van der Waals surface area contributed by atoms with Crippen LogP contribution in [0.4, 0.5) is 0 Å². The van der Waals surface area contributed by atoms with E-state index in [1.54, 1.807) is 0 Å². The molecular formula is C7H18BN. The van der Waals surface area contributed by atoms with Gasteiger partial charge in [0.15, 0.2) is 0 Å². The molecule has 0 aromatic heterocycles. The summed E-state index contributed by atoms with van der Waals surface area (Å²) in [5.41, 5.74) is 5.57. The average Bonchev–Trinajstić information content (AvgIpc) is 1.64. The fourth-order valence-corrected chi connectivity index (χ4v) is 1.31. The molecule has 0 heterocycles. The lowest BCUT2D eigenvalue weighted by Gasteiger charge is -2.22. The zero-order valence-corrected chi connectivity index (χ0v) is 7.02. The van der Waals surface area contributed by atoms with Gasteiger partial charge in [-0.15, -0.1) is 0 Å². The molecule has 9 heavy (non-hydrogen) atoms. The summed E-state index contributed by atoms with van der Waals surface area (Å²) in [4.78, 5) is 0. The van der Waals surface area contributed by atoms with Gasteiger partial charge in [0.2, 0.25) is 0 Å². The normalized spacial score (nSPS) is 17.9. The highest BCUT2D eigenvalue weighted by molar-refractivity contribution is 6.11. The molecule has 0 aliphatic heterocycles. The fraction of sp³-hybridized carbons (Fsp3) is 1.00. The SMILES string of the molecule is BC(C)[C@@H](CN)C(C)C. The maximum atomic E-state index is 5.57. The van der Waals surface area contributed by atoms with Gasteiger partial charge in [-0.25, -0.2) is 0 Å². The topological polar surface area (TPSA) is 26.0 Å². The monoisotopic (exact) mass is 127 g/mol. The van der Waals surface area contributed by atoms with Crippen molar-refractivity contribution in [3.8, 4) is 0 Å². The second kappa shape index (κ2) is 3.94. The Labute approximate surface area is 59.4 Å². The first-order valence-electron chi connectivity index (χ1n) is 3.79. The standard InChI is InChI=1S/C7H18BN/c1-5(2)7(4-9)6(3)8/h5-7H,4,8-9H2,1-3H3/t6?,7-/m0/s1. The van der Waals surface area contributed by atoms with Crippen LogP contribution in [0, 0.1) is 11.8 Å². The average molecular weight is 127 g/mol. The Balaban J connectivity index is 3.68. The molecule has 0 rings (SSSR count). The Kier molecular flexibility index (Phi) is 3.95. The molecule has 0 amide bonds. The van der Waals surface area contributed by atoms with Gasteiger partial charge in [-0.3, -0.25) is 0 Å². The summed E-state index contributed by atoms with van der Waals surface area (Å²) >= 11 is 0. The molecule has 0 aromatic rings. The first kappa shape index (κ1) is 9.02. The molecule has 0 saturated heterocycles. The maximum absolute atomic E-state index is 5.57. The molecule has 1 unspecified atom stereocenters. The number of nitrogens with two attached hydrogens (primary N) is 1. The molecular weight excluding hydrogens is 109 g/mol. The Hall–Kier alpha value is 0.0249. The quantitative estimate of drug-likeness (QED) is 0.553. The summed E-state index contributed by atoms with van der Waals surface area (Å²) < 4.78 is 0. The molecule has 0 saturated carbocycles. The number of rotatable bonds is 3. The smallest absolute Gasteiger partial charge is 0.105 e. The molecule has 54 valence electrons. The van der Waals surface area contributed by atoms with Gasteiger partial charge >= 0.3 is 0 Å². The molecule has 0 bridgehead atoms. The van der Waals surface area contributed by atoms with E-state index in [4.69, 9.17) is 5.73 Å². The van der Waals surface area contributed by atoms with Crippen LogP contribution in [0.2, 0.25) is 5.82 Å². The summed E-state index contributed by atoms with van der Waals surface area (Å²) in [6, 6.07) is 0. The molecule has 2 atom stereocenters. The van der Waals surface area contributed by atoms with E-state index < -0.39 is 0 Å². The highest BCUT2D eigenvalue weighted by Gasteiger charge is 2.14. The Bertz CT molecular complexity index is 63.3. The predicted octanol–water partition coefficient (Wildman–Crippen LogP) is 0.659. The molecule has 0 fully saturated rings. The third-order valence-electron chi connectivity index (χ3n) is 1.98. The van der Waals surface area contributed by atoms with Gasteiger partial charge in [0, 0.05) is 0 Å². The lowest BCUT2D eigenvalue weighted by molar-refractivity contribution is 0.383. The summed E-state index contributed by atoms with van der Waals surface area (Å²) in [6.45, 7) is 7.53. The lowest BCUT2D eigenvalue weighted by atomic mass is 9.73. The van der Waals surface area contributed by atoms with Crippen molar-refractivity contribution in [1.82, 2.24) is 0 Å². The molecule has 0 aliphatic rings. The van der Waals surface area contributed by atoms with Gasteiger partial charge < -0.3 is 5.73 Å². The van der Waals surface area contributed by atoms with Crippen molar-refractivity contribution in [3.63, 3.8) is 0 Å². The van der Waals surface area contributed by atoms with Crippen LogP contribution in [0.15, 0.2) is 0 Å². The van der Waals surface area contributed by atoms with E-state index in [-0.39, 0.29) is 0 Å². The van der Waals surface area contributed by atoms with Gasteiger partial charge in [0.1, 0.15) is 7.85 Å². The molecule has 2 heteroatoms. The maximum Gasteiger partial charge on any atom is 0.105 e. The van der Waals surface area contributed by atoms with Crippen molar-refractivity contribution in [3.05, 3.63) is 0 Å². The molecule has 0 aliphatic carbocycles. The molecule has 0 aromatic carbocycles. The fourth-order valence-electron chi connectivity index (χ4n) is 1.31. The molecule has 2 N–H and O–H groups in total. The van der Waals surface area contributed by atoms with E-state index >= 15 is 0 Å². The van der Waals surface area contributed by atoms with E-state index in [1.165, 1.54) is 0 Å². The van der Waals surface area contributed by atoms with Gasteiger partial charge in [-0.2, -0.15) is 0 Å². The van der Waals surface area contributed by atoms with Crippen LogP contribution in [-0.2, 0) is 0 Å². The predicted molar refractivity (Wildman–Crippen MR) is 45.4 cm³/mol. The minimum Gasteiger partial charge on any atom is -0.330 e. The van der Waals surface area contributed by atoms with Crippen LogP contribution in [0.25, 0.3) is 0 Å². The minimum atomic E-state index is 0.699. The molecule has 1 nitrogen and oxygen atoms in total. The van der Waals surface area contributed by atoms with Crippen LogP contribution in [-0.4, -0.2) is 14.4 Å². The van der Waals surface area contributed by atoms with Crippen LogP contribution >= 0.6 is 0 Å². The van der Waals surface area contributed by atoms with Crippen molar-refractivity contribution in [2.24, 2.45) is 17.6 Å². The second-order valence-corrected chi connectivity index (χ2v) is 3.39. The Morgan fingerprint density at radius 3 is 1.78 bits per heavy atom. The van der Waals surface area contributed by atoms with E-state index in [2.05, 4.69) is 28.6 Å². The van der Waals surface area contributed by atoms with Gasteiger partial charge in [-0.05, 0) is 18.4 Å². The summed E-state index contributed by atoms with van der Waals surface area (Å²) in [5.74, 6) is 2.16. The van der Waals surface area contributed by atoms with Crippen LogP contribution in [0.3, 0.4) is 0 Å². The largest absolute Gasteiger partial charge is 0.330 e. The van der Waals surface area contributed by atoms with E-state index in [9.17, 15) is 0 Å². The minimum absolute atomic E-state index is 0.699. The van der Waals surface area contributed by atoms with Crippen molar-refractivity contribution in [2.75, 3.05) is 6.54 Å². The summed E-state index contributed by atoms with van der Waals surface area (Å²) in [5, 5.41) is 0. The van der Waals surface area contributed by atoms with E-state index in [0.29, 0.717) is 5.92 Å². The van der Waals surface area contributed by atoms with Crippen molar-refractivity contribution in [2.45, 2.75) is 26.6 Å².